The Morgan fingerprint density at radius 3 is 2.50 bits per heavy atom. The largest absolute Gasteiger partial charge is 0.436 e. The van der Waals surface area contributed by atoms with Gasteiger partial charge in [0.15, 0.2) is 5.69 Å². The summed E-state index contributed by atoms with van der Waals surface area (Å²) in [5.41, 5.74) is -4.41. The Bertz CT molecular complexity index is 1320. The van der Waals surface area contributed by atoms with Crippen LogP contribution in [0.1, 0.15) is 49.2 Å². The minimum absolute atomic E-state index is 0.0799. The van der Waals surface area contributed by atoms with Gasteiger partial charge in [-0.3, -0.25) is 0 Å². The fourth-order valence-corrected chi connectivity index (χ4v) is 5.14. The molecule has 1 N–H and O–H groups in total. The van der Waals surface area contributed by atoms with Crippen LogP contribution in [0.3, 0.4) is 0 Å². The number of alkyl halides is 6. The molecule has 1 aliphatic heterocycles. The molecule has 36 heavy (non-hydrogen) atoms. The first-order chi connectivity index (χ1) is 16.8. The zero-order valence-electron chi connectivity index (χ0n) is 18.9. The monoisotopic (exact) mass is 515 g/mol. The van der Waals surface area contributed by atoms with Crippen molar-refractivity contribution in [2.24, 2.45) is 5.92 Å². The van der Waals surface area contributed by atoms with E-state index in [2.05, 4.69) is 25.7 Å². The van der Waals surface area contributed by atoms with E-state index in [1.165, 1.54) is 0 Å². The second-order valence-corrected chi connectivity index (χ2v) is 9.11. The van der Waals surface area contributed by atoms with Crippen LogP contribution >= 0.6 is 0 Å². The van der Waals surface area contributed by atoms with Gasteiger partial charge in [-0.15, -0.1) is 15.3 Å². The quantitative estimate of drug-likeness (QED) is 0.497. The molecule has 0 radical (unpaired) electrons. The van der Waals surface area contributed by atoms with Gasteiger partial charge < -0.3 is 14.6 Å². The first kappa shape index (κ1) is 24.1. The van der Waals surface area contributed by atoms with Crippen molar-refractivity contribution in [2.45, 2.75) is 57.0 Å². The summed E-state index contributed by atoms with van der Waals surface area (Å²) >= 11 is 0. The number of nitrogens with one attached hydrogen (secondary N) is 1. The van der Waals surface area contributed by atoms with Crippen LogP contribution in [-0.2, 0) is 17.9 Å². The number of nitrogens with zero attached hydrogens (tertiary/aromatic N) is 6. The van der Waals surface area contributed by atoms with Crippen molar-refractivity contribution in [1.82, 2.24) is 30.1 Å². The Labute approximate surface area is 199 Å². The maximum atomic E-state index is 13.6. The third kappa shape index (κ3) is 3.95. The van der Waals surface area contributed by atoms with Crippen LogP contribution in [0.4, 0.5) is 36.8 Å². The van der Waals surface area contributed by atoms with E-state index in [9.17, 15) is 31.1 Å². The summed E-state index contributed by atoms with van der Waals surface area (Å²) in [7, 11) is 0. The molecule has 1 aromatic carbocycles. The molecule has 15 heteroatoms. The van der Waals surface area contributed by atoms with Crippen LogP contribution in [0.5, 0.6) is 0 Å². The Morgan fingerprint density at radius 1 is 1.14 bits per heavy atom. The van der Waals surface area contributed by atoms with Crippen LogP contribution in [0.15, 0.2) is 28.8 Å². The highest BCUT2D eigenvalue weighted by Crippen LogP contribution is 2.55. The lowest BCUT2D eigenvalue weighted by Gasteiger charge is -2.61. The maximum Gasteiger partial charge on any atom is 0.436 e. The lowest BCUT2D eigenvalue weighted by Crippen LogP contribution is -2.70. The average molecular weight is 515 g/mol. The highest BCUT2D eigenvalue weighted by Gasteiger charge is 2.62. The maximum absolute atomic E-state index is 13.6. The zero-order valence-corrected chi connectivity index (χ0v) is 18.9. The van der Waals surface area contributed by atoms with E-state index in [-0.39, 0.29) is 28.3 Å². The standard InChI is InChI=1S/C21H19F6N7O2/c1-10-5-13-8-19(7-10,17-31-30-11(2)36-17)33(13)18(35)29-12-3-4-14(20(22,23)24)15(6-12)34-28-9-16(32-34)21(25,26)27/h3-4,6,9-10,13H,5,7-8H2,1-2H3,(H,29,35)/t10-,13+,19?/m0/s1. The summed E-state index contributed by atoms with van der Waals surface area (Å²) in [4.78, 5) is 15.1. The fourth-order valence-electron chi connectivity index (χ4n) is 5.14. The predicted octanol–water partition coefficient (Wildman–Crippen LogP) is 4.93. The fraction of sp³-hybridized carbons (Fsp3) is 0.476. The van der Waals surface area contributed by atoms with Gasteiger partial charge in [-0.25, -0.2) is 4.79 Å². The van der Waals surface area contributed by atoms with Crippen molar-refractivity contribution >= 4 is 11.7 Å². The number of likely N-dealkylation sites (tertiary alicyclic amines) is 1. The molecule has 2 amide bonds. The molecule has 1 saturated heterocycles. The lowest BCUT2D eigenvalue weighted by molar-refractivity contribution is -0.141. The van der Waals surface area contributed by atoms with Crippen molar-refractivity contribution in [3.8, 4) is 5.69 Å². The molecule has 9 nitrogen and oxygen atoms in total. The van der Waals surface area contributed by atoms with Gasteiger partial charge in [-0.1, -0.05) is 6.92 Å². The Morgan fingerprint density at radius 2 is 1.89 bits per heavy atom. The van der Waals surface area contributed by atoms with E-state index in [0.29, 0.717) is 31.0 Å². The van der Waals surface area contributed by atoms with E-state index in [4.69, 9.17) is 4.42 Å². The van der Waals surface area contributed by atoms with Gasteiger partial charge in [-0.2, -0.15) is 36.2 Å². The number of piperidine rings is 1. The molecule has 3 atom stereocenters. The molecule has 1 unspecified atom stereocenters. The summed E-state index contributed by atoms with van der Waals surface area (Å²) < 4.78 is 85.2. The van der Waals surface area contributed by atoms with Gasteiger partial charge in [-0.05, 0) is 37.0 Å². The van der Waals surface area contributed by atoms with Gasteiger partial charge in [0.1, 0.15) is 5.54 Å². The van der Waals surface area contributed by atoms with E-state index < -0.39 is 40.9 Å². The number of rotatable bonds is 3. The summed E-state index contributed by atoms with van der Waals surface area (Å²) in [6.45, 7) is 3.66. The second kappa shape index (κ2) is 7.93. The van der Waals surface area contributed by atoms with Crippen LogP contribution in [-0.4, -0.2) is 42.2 Å². The van der Waals surface area contributed by atoms with Gasteiger partial charge in [0.25, 0.3) is 0 Å². The number of halogens is 6. The first-order valence-electron chi connectivity index (χ1n) is 10.9. The van der Waals surface area contributed by atoms with E-state index in [0.717, 1.165) is 18.6 Å². The van der Waals surface area contributed by atoms with Crippen molar-refractivity contribution in [2.75, 3.05) is 5.32 Å². The molecule has 192 valence electrons. The smallest absolute Gasteiger partial charge is 0.423 e. The predicted molar refractivity (Wildman–Crippen MR) is 110 cm³/mol. The molecule has 2 aromatic heterocycles. The Balaban J connectivity index is 1.47. The average Bonchev–Trinajstić information content (AvgIpc) is 3.41. The zero-order chi connectivity index (χ0) is 26.0. The van der Waals surface area contributed by atoms with Crippen LogP contribution in [0.25, 0.3) is 5.69 Å². The number of carbonyl (C=O) groups is 1. The normalized spacial score (nSPS) is 23.9. The Kier molecular flexibility index (Phi) is 5.30. The summed E-state index contributed by atoms with van der Waals surface area (Å²) in [5.74, 6) is 0.886. The van der Waals surface area contributed by atoms with Crippen LogP contribution < -0.4 is 5.32 Å². The lowest BCUT2D eigenvalue weighted by atomic mass is 9.64. The van der Waals surface area contributed by atoms with Crippen molar-refractivity contribution < 1.29 is 35.6 Å². The summed E-state index contributed by atoms with van der Waals surface area (Å²) in [6, 6.07) is 1.79. The minimum atomic E-state index is -4.91. The third-order valence-electron chi connectivity index (χ3n) is 6.46. The molecular weight excluding hydrogens is 496 g/mol. The molecule has 2 bridgehead atoms. The van der Waals surface area contributed by atoms with Crippen LogP contribution in [0.2, 0.25) is 0 Å². The number of hydrogen-bond donors (Lipinski definition) is 1. The number of carbonyl (C=O) groups excluding carboxylic acids is 1. The van der Waals surface area contributed by atoms with Gasteiger partial charge >= 0.3 is 18.4 Å². The first-order valence-corrected chi connectivity index (χ1v) is 10.9. The van der Waals surface area contributed by atoms with Gasteiger partial charge in [0, 0.05) is 25.1 Å². The van der Waals surface area contributed by atoms with E-state index in [1.807, 2.05) is 6.92 Å². The van der Waals surface area contributed by atoms with Crippen molar-refractivity contribution in [3.63, 3.8) is 0 Å². The summed E-state index contributed by atoms with van der Waals surface area (Å²) in [5, 5.41) is 17.0. The molecule has 2 aliphatic rings. The number of aromatic nitrogens is 5. The second-order valence-electron chi connectivity index (χ2n) is 9.11. The Hall–Kier alpha value is -3.65. The van der Waals surface area contributed by atoms with Gasteiger partial charge in [0.05, 0.1) is 17.4 Å². The molecule has 5 rings (SSSR count). The molecule has 3 aromatic rings. The number of anilines is 1. The third-order valence-corrected chi connectivity index (χ3v) is 6.46. The van der Waals surface area contributed by atoms with Crippen LogP contribution in [0, 0.1) is 12.8 Å². The highest BCUT2D eigenvalue weighted by molar-refractivity contribution is 5.91. The number of urea groups is 1. The molecule has 1 aliphatic carbocycles. The van der Waals surface area contributed by atoms with Crippen molar-refractivity contribution in [3.05, 3.63) is 47.4 Å². The van der Waals surface area contributed by atoms with E-state index in [1.54, 1.807) is 11.8 Å². The summed E-state index contributed by atoms with van der Waals surface area (Å²) in [6.07, 6.45) is -7.59. The molecule has 0 spiro atoms. The molecular formula is C21H19F6N7O2. The molecule has 1 saturated carbocycles. The minimum Gasteiger partial charge on any atom is -0.423 e. The molecule has 3 heterocycles. The number of fused-ring (bicyclic) bond motifs is 2. The molecule has 2 fully saturated rings. The van der Waals surface area contributed by atoms with Crippen molar-refractivity contribution in [1.29, 1.82) is 0 Å². The topological polar surface area (TPSA) is 102 Å². The number of hydrogen-bond acceptors (Lipinski definition) is 6. The van der Waals surface area contributed by atoms with E-state index >= 15 is 0 Å². The number of benzene rings is 1. The number of amides is 2. The number of aryl methyl sites for hydroxylation is 1. The highest BCUT2D eigenvalue weighted by atomic mass is 19.4. The SMILES string of the molecule is Cc1nnc(C23C[C@@H](C)C[C@H](C2)N3C(=O)Nc2ccc(C(F)(F)F)c(-n3ncc(C(F)(F)F)n3)c2)o1. The van der Waals surface area contributed by atoms with Gasteiger partial charge in [0.2, 0.25) is 11.8 Å².